The molecule has 0 unspecified atom stereocenters. The molecule has 102 valence electrons. The Labute approximate surface area is 121 Å². The van der Waals surface area contributed by atoms with Crippen LogP contribution in [0.1, 0.15) is 13.3 Å². The third-order valence-electron chi connectivity index (χ3n) is 2.32. The molecule has 5 nitrogen and oxygen atoms in total. The summed E-state index contributed by atoms with van der Waals surface area (Å²) in [5.41, 5.74) is 0. The van der Waals surface area contributed by atoms with Gasteiger partial charge in [0.2, 0.25) is 0 Å². The van der Waals surface area contributed by atoms with Crippen molar-refractivity contribution in [3.8, 4) is 0 Å². The average molecular weight is 295 g/mol. The van der Waals surface area contributed by atoms with Gasteiger partial charge in [-0.3, -0.25) is 4.68 Å². The highest BCUT2D eigenvalue weighted by Gasteiger charge is 2.06. The topological polar surface area (TPSA) is 55.6 Å². The molecule has 0 atom stereocenters. The zero-order valence-electron chi connectivity index (χ0n) is 11.3. The molecule has 2 rings (SSSR count). The fourth-order valence-corrected chi connectivity index (χ4v) is 2.75. The summed E-state index contributed by atoms with van der Waals surface area (Å²) >= 11 is 3.15. The first-order chi connectivity index (χ1) is 9.21. The maximum Gasteiger partial charge on any atom is 0.190 e. The normalized spacial score (nSPS) is 10.7. The molecule has 2 aromatic heterocycles. The number of rotatable bonds is 6. The van der Waals surface area contributed by atoms with E-state index >= 15 is 0 Å². The molecule has 19 heavy (non-hydrogen) atoms. The second kappa shape index (κ2) is 6.81. The lowest BCUT2D eigenvalue weighted by Crippen LogP contribution is -2.03. The van der Waals surface area contributed by atoms with E-state index in [0.717, 1.165) is 33.9 Å². The third-order valence-corrected chi connectivity index (χ3v) is 3.74. The van der Waals surface area contributed by atoms with Gasteiger partial charge >= 0.3 is 0 Å². The molecule has 0 amide bonds. The molecule has 0 aliphatic rings. The van der Waals surface area contributed by atoms with Crippen LogP contribution in [0.5, 0.6) is 0 Å². The predicted octanol–water partition coefficient (Wildman–Crippen LogP) is 2.91. The lowest BCUT2D eigenvalue weighted by molar-refractivity contribution is 0.766. The minimum atomic E-state index is 0.785. The third kappa shape index (κ3) is 4.14. The van der Waals surface area contributed by atoms with Crippen LogP contribution in [0.2, 0.25) is 0 Å². The Bertz CT molecular complexity index is 541. The van der Waals surface area contributed by atoms with Gasteiger partial charge in [-0.05, 0) is 12.7 Å². The fraction of sp³-hybridized carbons (Fsp3) is 0.417. The first-order valence-electron chi connectivity index (χ1n) is 6.04. The number of thioether (sulfide) groups is 1. The number of nitrogens with zero attached hydrogens (tertiary/aromatic N) is 4. The summed E-state index contributed by atoms with van der Waals surface area (Å²) < 4.78 is 1.79. The number of hydrogen-bond acceptors (Lipinski definition) is 6. The smallest absolute Gasteiger partial charge is 0.190 e. The van der Waals surface area contributed by atoms with Crippen molar-refractivity contribution >= 4 is 29.3 Å². The molecule has 0 saturated heterocycles. The van der Waals surface area contributed by atoms with E-state index in [0.29, 0.717) is 0 Å². The van der Waals surface area contributed by atoms with Crippen LogP contribution in [-0.4, -0.2) is 32.5 Å². The number of aryl methyl sites for hydroxylation is 1. The van der Waals surface area contributed by atoms with Gasteiger partial charge in [0.1, 0.15) is 10.8 Å². The highest BCUT2D eigenvalue weighted by molar-refractivity contribution is 7.99. The van der Waals surface area contributed by atoms with Crippen LogP contribution in [-0.2, 0) is 7.05 Å². The van der Waals surface area contributed by atoms with Gasteiger partial charge in [0.15, 0.2) is 5.16 Å². The van der Waals surface area contributed by atoms with Crippen molar-refractivity contribution < 1.29 is 0 Å². The molecule has 0 radical (unpaired) electrons. The van der Waals surface area contributed by atoms with Crippen molar-refractivity contribution in [2.45, 2.75) is 28.4 Å². The lowest BCUT2D eigenvalue weighted by Gasteiger charge is -2.07. The standard InChI is InChI=1S/C12H17N5S2/c1-4-5-13-10-6-11(16-12(15-10)18-3)19-9-7-14-17(2)8-9/h6-8H,4-5H2,1-3H3,(H,13,15,16). The van der Waals surface area contributed by atoms with E-state index in [-0.39, 0.29) is 0 Å². The minimum absolute atomic E-state index is 0.785. The maximum absolute atomic E-state index is 4.50. The Balaban J connectivity index is 2.18. The number of nitrogens with one attached hydrogen (secondary N) is 1. The molecule has 0 bridgehead atoms. The quantitative estimate of drug-likeness (QED) is 0.502. The van der Waals surface area contributed by atoms with Crippen LogP contribution in [0.3, 0.4) is 0 Å². The molecular weight excluding hydrogens is 278 g/mol. The Morgan fingerprint density at radius 1 is 1.37 bits per heavy atom. The van der Waals surface area contributed by atoms with E-state index in [2.05, 4.69) is 27.3 Å². The lowest BCUT2D eigenvalue weighted by atomic mass is 10.4. The highest BCUT2D eigenvalue weighted by Crippen LogP contribution is 2.28. The monoisotopic (exact) mass is 295 g/mol. The van der Waals surface area contributed by atoms with Gasteiger partial charge < -0.3 is 5.32 Å². The van der Waals surface area contributed by atoms with Crippen LogP contribution in [0.25, 0.3) is 0 Å². The van der Waals surface area contributed by atoms with Crippen molar-refractivity contribution in [2.75, 3.05) is 18.1 Å². The van der Waals surface area contributed by atoms with E-state index in [1.165, 1.54) is 0 Å². The second-order valence-corrected chi connectivity index (χ2v) is 5.82. The molecule has 0 aliphatic carbocycles. The fourth-order valence-electron chi connectivity index (χ4n) is 1.46. The first-order valence-corrected chi connectivity index (χ1v) is 8.09. The van der Waals surface area contributed by atoms with Crippen molar-refractivity contribution in [1.82, 2.24) is 19.7 Å². The van der Waals surface area contributed by atoms with Crippen molar-refractivity contribution in [1.29, 1.82) is 0 Å². The summed E-state index contributed by atoms with van der Waals surface area (Å²) in [6.07, 6.45) is 6.87. The maximum atomic E-state index is 4.50. The molecule has 7 heteroatoms. The zero-order chi connectivity index (χ0) is 13.7. The molecule has 1 N–H and O–H groups in total. The predicted molar refractivity (Wildman–Crippen MR) is 79.9 cm³/mol. The highest BCUT2D eigenvalue weighted by atomic mass is 32.2. The van der Waals surface area contributed by atoms with Crippen LogP contribution in [0.4, 0.5) is 5.82 Å². The second-order valence-electron chi connectivity index (χ2n) is 3.96. The van der Waals surface area contributed by atoms with E-state index in [4.69, 9.17) is 0 Å². The van der Waals surface area contributed by atoms with Gasteiger partial charge in [-0.25, -0.2) is 9.97 Å². The average Bonchev–Trinajstić information content (AvgIpc) is 2.81. The van der Waals surface area contributed by atoms with Crippen molar-refractivity contribution in [2.24, 2.45) is 7.05 Å². The van der Waals surface area contributed by atoms with Crippen LogP contribution < -0.4 is 5.32 Å². The van der Waals surface area contributed by atoms with Gasteiger partial charge in [0, 0.05) is 25.9 Å². The summed E-state index contributed by atoms with van der Waals surface area (Å²) in [6, 6.07) is 1.98. The Kier molecular flexibility index (Phi) is 5.09. The van der Waals surface area contributed by atoms with E-state index in [1.807, 2.05) is 31.8 Å². The van der Waals surface area contributed by atoms with Gasteiger partial charge in [-0.2, -0.15) is 5.10 Å². The molecule has 0 spiro atoms. The van der Waals surface area contributed by atoms with Gasteiger partial charge in [-0.15, -0.1) is 0 Å². The Morgan fingerprint density at radius 3 is 2.84 bits per heavy atom. The number of anilines is 1. The van der Waals surface area contributed by atoms with Gasteiger partial charge in [0.25, 0.3) is 0 Å². The molecule has 2 aromatic rings. The molecule has 0 saturated carbocycles. The van der Waals surface area contributed by atoms with E-state index in [1.54, 1.807) is 28.2 Å². The Morgan fingerprint density at radius 2 is 2.21 bits per heavy atom. The minimum Gasteiger partial charge on any atom is -0.370 e. The van der Waals surface area contributed by atoms with Crippen LogP contribution in [0.15, 0.2) is 33.5 Å². The summed E-state index contributed by atoms with van der Waals surface area (Å²) in [6.45, 7) is 3.05. The molecule has 2 heterocycles. The van der Waals surface area contributed by atoms with E-state index < -0.39 is 0 Å². The SMILES string of the molecule is CCCNc1cc(Sc2cnn(C)c2)nc(SC)n1. The Hall–Kier alpha value is -1.21. The van der Waals surface area contributed by atoms with Gasteiger partial charge in [-0.1, -0.05) is 30.4 Å². The summed E-state index contributed by atoms with van der Waals surface area (Å²) in [4.78, 5) is 10.0. The molecule has 0 aromatic carbocycles. The van der Waals surface area contributed by atoms with Crippen molar-refractivity contribution in [3.05, 3.63) is 18.5 Å². The molecule has 0 fully saturated rings. The summed E-state index contributed by atoms with van der Waals surface area (Å²) in [5, 5.41) is 9.18. The summed E-state index contributed by atoms with van der Waals surface area (Å²) in [5.74, 6) is 0.882. The van der Waals surface area contributed by atoms with Crippen LogP contribution in [0, 0.1) is 0 Å². The number of aromatic nitrogens is 4. The molecule has 0 aliphatic heterocycles. The first kappa shape index (κ1) is 14.2. The van der Waals surface area contributed by atoms with E-state index in [9.17, 15) is 0 Å². The number of hydrogen-bond donors (Lipinski definition) is 1. The van der Waals surface area contributed by atoms with Gasteiger partial charge in [0.05, 0.1) is 11.1 Å². The van der Waals surface area contributed by atoms with Crippen molar-refractivity contribution in [3.63, 3.8) is 0 Å². The largest absolute Gasteiger partial charge is 0.370 e. The molecular formula is C12H17N5S2. The summed E-state index contributed by atoms with van der Waals surface area (Å²) in [7, 11) is 1.91. The zero-order valence-corrected chi connectivity index (χ0v) is 12.9. The van der Waals surface area contributed by atoms with Crippen LogP contribution >= 0.6 is 23.5 Å².